The van der Waals surface area contributed by atoms with Crippen molar-refractivity contribution < 1.29 is 14.3 Å². The minimum atomic E-state index is -1.23. The van der Waals surface area contributed by atoms with Crippen LogP contribution in [0.3, 0.4) is 0 Å². The molecule has 1 aliphatic carbocycles. The normalized spacial score (nSPS) is 16.6. The van der Waals surface area contributed by atoms with Crippen molar-refractivity contribution in [3.63, 3.8) is 0 Å². The zero-order chi connectivity index (χ0) is 13.1. The number of hydrogen-bond acceptors (Lipinski definition) is 2. The molecule has 1 unspecified atom stereocenters. The van der Waals surface area contributed by atoms with Crippen LogP contribution < -0.4 is 5.32 Å². The molecule has 1 fully saturated rings. The highest BCUT2D eigenvalue weighted by atomic mass is 19.1. The van der Waals surface area contributed by atoms with Crippen LogP contribution in [0.5, 0.6) is 0 Å². The van der Waals surface area contributed by atoms with Gasteiger partial charge in [-0.15, -0.1) is 0 Å². The summed E-state index contributed by atoms with van der Waals surface area (Å²) in [6.45, 7) is 3.72. The number of aromatic carboxylic acids is 1. The molecule has 0 bridgehead atoms. The second-order valence-electron chi connectivity index (χ2n) is 5.06. The van der Waals surface area contributed by atoms with Gasteiger partial charge in [0, 0.05) is 6.54 Å². The standard InChI is InChI=1S/C14H18FNO2/c1-9(11-3-4-11)7-16-8-10-2-5-12(14(17)18)13(15)6-10/h2,5-6,9,11,16H,3-4,7-8H2,1H3,(H,17,18). The molecular weight excluding hydrogens is 233 g/mol. The lowest BCUT2D eigenvalue weighted by Crippen LogP contribution is -2.22. The molecule has 0 amide bonds. The lowest BCUT2D eigenvalue weighted by Gasteiger charge is -2.11. The molecule has 2 rings (SSSR count). The summed E-state index contributed by atoms with van der Waals surface area (Å²) in [5.41, 5.74) is 0.505. The summed E-state index contributed by atoms with van der Waals surface area (Å²) in [4.78, 5) is 10.7. The molecule has 0 aliphatic heterocycles. The Morgan fingerprint density at radius 3 is 2.83 bits per heavy atom. The van der Waals surface area contributed by atoms with Gasteiger partial charge < -0.3 is 10.4 Å². The highest BCUT2D eigenvalue weighted by Crippen LogP contribution is 2.36. The van der Waals surface area contributed by atoms with Crippen LogP contribution >= 0.6 is 0 Å². The molecular formula is C14H18FNO2. The number of rotatable bonds is 6. The lowest BCUT2D eigenvalue weighted by atomic mass is 10.1. The van der Waals surface area contributed by atoms with Gasteiger partial charge in [0.25, 0.3) is 0 Å². The Hall–Kier alpha value is -1.42. The molecule has 1 aromatic carbocycles. The van der Waals surface area contributed by atoms with Crippen LogP contribution in [-0.4, -0.2) is 17.6 Å². The number of halogens is 1. The van der Waals surface area contributed by atoms with Gasteiger partial charge in [0.15, 0.2) is 0 Å². The fraction of sp³-hybridized carbons (Fsp3) is 0.500. The SMILES string of the molecule is CC(CNCc1ccc(C(=O)O)c(F)c1)C1CC1. The predicted octanol–water partition coefficient (Wildman–Crippen LogP) is 2.66. The molecule has 1 aliphatic rings. The number of hydrogen-bond donors (Lipinski definition) is 2. The Balaban J connectivity index is 1.85. The van der Waals surface area contributed by atoms with Gasteiger partial charge in [0.05, 0.1) is 5.56 Å². The third-order valence-electron chi connectivity index (χ3n) is 3.49. The van der Waals surface area contributed by atoms with E-state index in [2.05, 4.69) is 12.2 Å². The van der Waals surface area contributed by atoms with Gasteiger partial charge in [-0.3, -0.25) is 0 Å². The van der Waals surface area contributed by atoms with Crippen LogP contribution in [0.25, 0.3) is 0 Å². The molecule has 0 aromatic heterocycles. The number of carbonyl (C=O) groups is 1. The molecule has 1 saturated carbocycles. The van der Waals surface area contributed by atoms with Crippen molar-refractivity contribution in [2.45, 2.75) is 26.3 Å². The average Bonchev–Trinajstić information content (AvgIpc) is 3.12. The van der Waals surface area contributed by atoms with Crippen LogP contribution in [0.2, 0.25) is 0 Å². The van der Waals surface area contributed by atoms with Gasteiger partial charge in [-0.2, -0.15) is 0 Å². The first-order valence-corrected chi connectivity index (χ1v) is 6.30. The quantitative estimate of drug-likeness (QED) is 0.817. The molecule has 0 heterocycles. The molecule has 1 aromatic rings. The maximum absolute atomic E-state index is 13.4. The third kappa shape index (κ3) is 3.29. The second kappa shape index (κ2) is 5.48. The first-order chi connectivity index (χ1) is 8.58. The maximum Gasteiger partial charge on any atom is 0.338 e. The van der Waals surface area contributed by atoms with Crippen LogP contribution in [0.4, 0.5) is 4.39 Å². The summed E-state index contributed by atoms with van der Waals surface area (Å²) >= 11 is 0. The minimum absolute atomic E-state index is 0.273. The number of benzene rings is 1. The fourth-order valence-electron chi connectivity index (χ4n) is 2.12. The first kappa shape index (κ1) is 13.0. The molecule has 0 saturated heterocycles. The highest BCUT2D eigenvalue weighted by molar-refractivity contribution is 5.87. The van der Waals surface area contributed by atoms with Gasteiger partial charge in [-0.1, -0.05) is 13.0 Å². The van der Waals surface area contributed by atoms with E-state index in [1.54, 1.807) is 6.07 Å². The average molecular weight is 251 g/mol. The summed E-state index contributed by atoms with van der Waals surface area (Å²) in [6, 6.07) is 4.26. The zero-order valence-electron chi connectivity index (χ0n) is 10.4. The van der Waals surface area contributed by atoms with Crippen molar-refractivity contribution >= 4 is 5.97 Å². The van der Waals surface area contributed by atoms with Gasteiger partial charge in [0.2, 0.25) is 0 Å². The van der Waals surface area contributed by atoms with Crippen LogP contribution in [0.15, 0.2) is 18.2 Å². The van der Waals surface area contributed by atoms with Crippen molar-refractivity contribution in [1.82, 2.24) is 5.32 Å². The lowest BCUT2D eigenvalue weighted by molar-refractivity contribution is 0.0692. The number of carboxylic acids is 1. The van der Waals surface area contributed by atoms with E-state index in [1.807, 2.05) is 0 Å². The van der Waals surface area contributed by atoms with E-state index in [-0.39, 0.29) is 5.56 Å². The summed E-state index contributed by atoms with van der Waals surface area (Å²) in [7, 11) is 0. The summed E-state index contributed by atoms with van der Waals surface area (Å²) in [6.07, 6.45) is 2.65. The van der Waals surface area contributed by atoms with E-state index in [0.29, 0.717) is 12.5 Å². The zero-order valence-corrected chi connectivity index (χ0v) is 10.4. The van der Waals surface area contributed by atoms with Gasteiger partial charge >= 0.3 is 5.97 Å². The number of carboxylic acid groups (broad SMARTS) is 1. The van der Waals surface area contributed by atoms with Crippen LogP contribution in [-0.2, 0) is 6.54 Å². The Kier molecular flexibility index (Phi) is 3.97. The largest absolute Gasteiger partial charge is 0.478 e. The van der Waals surface area contributed by atoms with E-state index in [9.17, 15) is 9.18 Å². The molecule has 4 heteroatoms. The van der Waals surface area contributed by atoms with Crippen molar-refractivity contribution in [2.75, 3.05) is 6.54 Å². The topological polar surface area (TPSA) is 49.3 Å². The van der Waals surface area contributed by atoms with E-state index >= 15 is 0 Å². The minimum Gasteiger partial charge on any atom is -0.478 e. The summed E-state index contributed by atoms with van der Waals surface area (Å²) in [5.74, 6) is -0.386. The van der Waals surface area contributed by atoms with Crippen molar-refractivity contribution in [2.24, 2.45) is 11.8 Å². The third-order valence-corrected chi connectivity index (χ3v) is 3.49. The summed E-state index contributed by atoms with van der Waals surface area (Å²) < 4.78 is 13.4. The molecule has 98 valence electrons. The molecule has 1 atom stereocenters. The predicted molar refractivity (Wildman–Crippen MR) is 67.0 cm³/mol. The van der Waals surface area contributed by atoms with Crippen molar-refractivity contribution in [1.29, 1.82) is 0 Å². The van der Waals surface area contributed by atoms with Crippen LogP contribution in [0.1, 0.15) is 35.7 Å². The van der Waals surface area contributed by atoms with Gasteiger partial charge in [0.1, 0.15) is 5.82 Å². The fourth-order valence-corrected chi connectivity index (χ4v) is 2.12. The van der Waals surface area contributed by atoms with Gasteiger partial charge in [-0.05, 0) is 48.9 Å². The van der Waals surface area contributed by atoms with Gasteiger partial charge in [-0.25, -0.2) is 9.18 Å². The Morgan fingerprint density at radius 1 is 1.56 bits per heavy atom. The van der Waals surface area contributed by atoms with Crippen molar-refractivity contribution in [3.8, 4) is 0 Å². The monoisotopic (exact) mass is 251 g/mol. The Labute approximate surface area is 106 Å². The second-order valence-corrected chi connectivity index (χ2v) is 5.06. The summed E-state index contributed by atoms with van der Waals surface area (Å²) in [5, 5.41) is 12.0. The van der Waals surface area contributed by atoms with E-state index in [4.69, 9.17) is 5.11 Å². The highest BCUT2D eigenvalue weighted by Gasteiger charge is 2.27. The molecule has 2 N–H and O–H groups in total. The molecule has 0 spiro atoms. The maximum atomic E-state index is 13.4. The Bertz CT molecular complexity index is 443. The van der Waals surface area contributed by atoms with E-state index < -0.39 is 11.8 Å². The molecule has 3 nitrogen and oxygen atoms in total. The van der Waals surface area contributed by atoms with Crippen LogP contribution in [0, 0.1) is 17.7 Å². The van der Waals surface area contributed by atoms with Crippen molar-refractivity contribution in [3.05, 3.63) is 35.1 Å². The molecule has 18 heavy (non-hydrogen) atoms. The smallest absolute Gasteiger partial charge is 0.338 e. The first-order valence-electron chi connectivity index (χ1n) is 6.30. The number of nitrogens with one attached hydrogen (secondary N) is 1. The van der Waals surface area contributed by atoms with E-state index in [1.165, 1.54) is 25.0 Å². The Morgan fingerprint density at radius 2 is 2.28 bits per heavy atom. The molecule has 0 radical (unpaired) electrons. The van der Waals surface area contributed by atoms with E-state index in [0.717, 1.165) is 18.0 Å².